The molecule has 0 fully saturated rings. The molecule has 194 valence electrons. The van der Waals surface area contributed by atoms with E-state index in [1.165, 1.54) is 0 Å². The lowest BCUT2D eigenvalue weighted by Crippen LogP contribution is -2.44. The van der Waals surface area contributed by atoms with E-state index in [2.05, 4.69) is 61.0 Å². The number of halogens is 1. The SMILES string of the molecule is COc1cc([C@@H]2[C@@H]3C[C@H](C(C)(C)C)CC=C3C(C#N)=C(N)C2(C#N)C#N)cc(Br)c1OCc1ccccc1. The lowest BCUT2D eigenvalue weighted by atomic mass is 9.54. The lowest BCUT2D eigenvalue weighted by Gasteiger charge is -2.47. The van der Waals surface area contributed by atoms with Gasteiger partial charge in [0.05, 0.1) is 35.0 Å². The third-order valence-corrected chi connectivity index (χ3v) is 8.53. The van der Waals surface area contributed by atoms with Gasteiger partial charge in [0.2, 0.25) is 0 Å². The maximum atomic E-state index is 10.5. The van der Waals surface area contributed by atoms with Crippen molar-refractivity contribution in [3.8, 4) is 29.7 Å². The van der Waals surface area contributed by atoms with Crippen LogP contribution in [0.2, 0.25) is 0 Å². The van der Waals surface area contributed by atoms with Crippen LogP contribution < -0.4 is 15.2 Å². The molecular weight excluding hydrogens is 540 g/mol. The van der Waals surface area contributed by atoms with Crippen molar-refractivity contribution in [1.29, 1.82) is 15.8 Å². The van der Waals surface area contributed by atoms with Crippen LogP contribution in [0.15, 0.2) is 69.9 Å². The highest BCUT2D eigenvalue weighted by Gasteiger charge is 2.55. The molecule has 2 aliphatic carbocycles. The number of nitriles is 3. The molecule has 0 radical (unpaired) electrons. The summed E-state index contributed by atoms with van der Waals surface area (Å²) in [6.45, 7) is 6.95. The van der Waals surface area contributed by atoms with Gasteiger partial charge in [0.25, 0.3) is 0 Å². The topological polar surface area (TPSA) is 116 Å². The summed E-state index contributed by atoms with van der Waals surface area (Å²) in [7, 11) is 1.56. The van der Waals surface area contributed by atoms with Gasteiger partial charge in [-0.25, -0.2) is 0 Å². The number of hydrogen-bond donors (Lipinski definition) is 1. The van der Waals surface area contributed by atoms with E-state index in [-0.39, 0.29) is 22.6 Å². The van der Waals surface area contributed by atoms with Gasteiger partial charge in [0.15, 0.2) is 16.9 Å². The fourth-order valence-corrected chi connectivity index (χ4v) is 6.34. The van der Waals surface area contributed by atoms with Crippen LogP contribution in [0.1, 0.15) is 50.7 Å². The zero-order valence-corrected chi connectivity index (χ0v) is 23.7. The molecule has 0 spiro atoms. The summed E-state index contributed by atoms with van der Waals surface area (Å²) in [4.78, 5) is 0. The normalized spacial score (nSPS) is 22.3. The third kappa shape index (κ3) is 4.66. The van der Waals surface area contributed by atoms with Gasteiger partial charge in [0.1, 0.15) is 12.7 Å². The van der Waals surface area contributed by atoms with Crippen LogP contribution in [0.5, 0.6) is 11.5 Å². The molecule has 2 aromatic rings. The molecule has 7 heteroatoms. The van der Waals surface area contributed by atoms with E-state index in [9.17, 15) is 15.8 Å². The average molecular weight is 572 g/mol. The Labute approximate surface area is 233 Å². The largest absolute Gasteiger partial charge is 0.493 e. The molecule has 0 unspecified atom stereocenters. The number of fused-ring (bicyclic) bond motifs is 1. The van der Waals surface area contributed by atoms with Crippen LogP contribution in [0.25, 0.3) is 0 Å². The highest BCUT2D eigenvalue weighted by atomic mass is 79.9. The Balaban J connectivity index is 1.87. The molecule has 2 N–H and O–H groups in total. The van der Waals surface area contributed by atoms with Crippen molar-refractivity contribution in [3.63, 3.8) is 0 Å². The van der Waals surface area contributed by atoms with E-state index < -0.39 is 11.3 Å². The highest BCUT2D eigenvalue weighted by molar-refractivity contribution is 9.10. The number of rotatable bonds is 5. The Hall–Kier alpha value is -3.73. The maximum Gasteiger partial charge on any atom is 0.191 e. The summed E-state index contributed by atoms with van der Waals surface area (Å²) in [6.07, 6.45) is 3.63. The predicted octanol–water partition coefficient (Wildman–Crippen LogP) is 6.90. The molecule has 38 heavy (non-hydrogen) atoms. The number of allylic oxidation sites excluding steroid dienone is 4. The minimum atomic E-state index is -1.70. The zero-order chi connectivity index (χ0) is 27.7. The summed E-state index contributed by atoms with van der Waals surface area (Å²) in [6, 6.07) is 20.2. The Morgan fingerprint density at radius 3 is 2.37 bits per heavy atom. The first kappa shape index (κ1) is 27.3. The fourth-order valence-electron chi connectivity index (χ4n) is 5.76. The van der Waals surface area contributed by atoms with E-state index in [4.69, 9.17) is 15.2 Å². The van der Waals surface area contributed by atoms with Crippen LogP contribution >= 0.6 is 15.9 Å². The van der Waals surface area contributed by atoms with Gasteiger partial charge in [0, 0.05) is 5.92 Å². The number of benzene rings is 2. The minimum Gasteiger partial charge on any atom is -0.493 e. The molecule has 0 saturated heterocycles. The molecule has 0 heterocycles. The van der Waals surface area contributed by atoms with E-state index in [0.29, 0.717) is 28.5 Å². The number of ether oxygens (including phenoxy) is 2. The van der Waals surface area contributed by atoms with Crippen molar-refractivity contribution < 1.29 is 9.47 Å². The first-order valence-electron chi connectivity index (χ1n) is 12.6. The molecule has 6 nitrogen and oxygen atoms in total. The summed E-state index contributed by atoms with van der Waals surface area (Å²) in [5.41, 5.74) is 7.66. The smallest absolute Gasteiger partial charge is 0.191 e. The van der Waals surface area contributed by atoms with Crippen LogP contribution in [-0.2, 0) is 6.61 Å². The standard InChI is InChI=1S/C31H31BrN4O2/c1-30(2,3)21-10-11-22-23(14-21)27(31(17-34,18-35)29(36)24(22)15-33)20-12-25(32)28(26(13-20)37-4)38-16-19-8-6-5-7-9-19/h5-9,11-13,21,23,27H,10,14,16,36H2,1-4H3/t21-,23-,27-/m1/s1. The third-order valence-electron chi connectivity index (χ3n) is 7.94. The van der Waals surface area contributed by atoms with E-state index in [0.717, 1.165) is 29.5 Å². The summed E-state index contributed by atoms with van der Waals surface area (Å²) in [5, 5.41) is 30.9. The molecular formula is C31H31BrN4O2. The second-order valence-corrected chi connectivity index (χ2v) is 11.9. The zero-order valence-electron chi connectivity index (χ0n) is 22.1. The molecule has 2 aromatic carbocycles. The Bertz CT molecular complexity index is 1400. The van der Waals surface area contributed by atoms with Gasteiger partial charge in [-0.15, -0.1) is 0 Å². The fraction of sp³-hybridized carbons (Fsp3) is 0.387. The molecule has 0 amide bonds. The maximum absolute atomic E-state index is 10.5. The first-order chi connectivity index (χ1) is 18.1. The molecule has 0 aromatic heterocycles. The van der Waals surface area contributed by atoms with E-state index >= 15 is 0 Å². The quantitative estimate of drug-likeness (QED) is 0.417. The predicted molar refractivity (Wildman–Crippen MR) is 148 cm³/mol. The van der Waals surface area contributed by atoms with Crippen LogP contribution in [0.4, 0.5) is 0 Å². The van der Waals surface area contributed by atoms with Crippen molar-refractivity contribution in [2.75, 3.05) is 7.11 Å². The van der Waals surface area contributed by atoms with Crippen molar-refractivity contribution >= 4 is 15.9 Å². The summed E-state index contributed by atoms with van der Waals surface area (Å²) in [5.74, 6) is 0.495. The summed E-state index contributed by atoms with van der Waals surface area (Å²) < 4.78 is 12.5. The second-order valence-electron chi connectivity index (χ2n) is 11.0. The molecule has 3 atom stereocenters. The van der Waals surface area contributed by atoms with Crippen molar-refractivity contribution in [1.82, 2.24) is 0 Å². The first-order valence-corrected chi connectivity index (χ1v) is 13.4. The Kier molecular flexibility index (Phi) is 7.59. The number of methoxy groups -OCH3 is 1. The highest BCUT2D eigenvalue weighted by Crippen LogP contribution is 2.59. The number of nitrogens with zero attached hydrogens (tertiary/aromatic N) is 3. The van der Waals surface area contributed by atoms with E-state index in [1.54, 1.807) is 7.11 Å². The average Bonchev–Trinajstić information content (AvgIpc) is 2.91. The number of hydrogen-bond acceptors (Lipinski definition) is 6. The Morgan fingerprint density at radius 2 is 1.79 bits per heavy atom. The van der Waals surface area contributed by atoms with Gasteiger partial charge in [-0.05, 0) is 74.9 Å². The second kappa shape index (κ2) is 10.6. The summed E-state index contributed by atoms with van der Waals surface area (Å²) >= 11 is 3.65. The van der Waals surface area contributed by atoms with Crippen LogP contribution in [-0.4, -0.2) is 7.11 Å². The van der Waals surface area contributed by atoms with Gasteiger partial charge in [-0.1, -0.05) is 57.2 Å². The van der Waals surface area contributed by atoms with Crippen LogP contribution in [0.3, 0.4) is 0 Å². The molecule has 2 aliphatic rings. The monoisotopic (exact) mass is 570 g/mol. The van der Waals surface area contributed by atoms with Gasteiger partial charge < -0.3 is 15.2 Å². The molecule has 0 aliphatic heterocycles. The molecule has 4 rings (SSSR count). The minimum absolute atomic E-state index is 0.0153. The molecule has 0 saturated carbocycles. The van der Waals surface area contributed by atoms with Gasteiger partial charge in [-0.2, -0.15) is 15.8 Å². The Morgan fingerprint density at radius 1 is 1.11 bits per heavy atom. The number of nitrogens with two attached hydrogens (primary N) is 1. The van der Waals surface area contributed by atoms with Crippen molar-refractivity contribution in [2.24, 2.45) is 28.4 Å². The van der Waals surface area contributed by atoms with Crippen molar-refractivity contribution in [3.05, 3.63) is 81.0 Å². The van der Waals surface area contributed by atoms with Crippen LogP contribution in [0, 0.1) is 56.7 Å². The van der Waals surface area contributed by atoms with Gasteiger partial charge in [-0.3, -0.25) is 0 Å². The lowest BCUT2D eigenvalue weighted by molar-refractivity contribution is 0.170. The van der Waals surface area contributed by atoms with Gasteiger partial charge >= 0.3 is 0 Å². The molecule has 0 bridgehead atoms. The van der Waals surface area contributed by atoms with E-state index in [1.807, 2.05) is 42.5 Å². The van der Waals surface area contributed by atoms with Crippen molar-refractivity contribution in [2.45, 2.75) is 46.1 Å².